The van der Waals surface area contributed by atoms with Gasteiger partial charge < -0.3 is 4.74 Å². The number of ether oxygens (including phenoxy) is 1. The van der Waals surface area contributed by atoms with E-state index >= 15 is 0 Å². The summed E-state index contributed by atoms with van der Waals surface area (Å²) in [5, 5.41) is 0. The van der Waals surface area contributed by atoms with Gasteiger partial charge in [0, 0.05) is 6.42 Å². The molecule has 0 aliphatic rings. The third-order valence-corrected chi connectivity index (χ3v) is 2.12. The third kappa shape index (κ3) is 4.78. The molecule has 0 saturated carbocycles. The van der Waals surface area contributed by atoms with Crippen molar-refractivity contribution in [2.24, 2.45) is 0 Å². The van der Waals surface area contributed by atoms with Gasteiger partial charge in [0.05, 0.1) is 0 Å². The zero-order chi connectivity index (χ0) is 12.0. The minimum atomic E-state index is 0.179. The van der Waals surface area contributed by atoms with E-state index in [1.165, 1.54) is 5.57 Å². The van der Waals surface area contributed by atoms with Gasteiger partial charge in [-0.2, -0.15) is 0 Å². The molecule has 0 aliphatic heterocycles. The van der Waals surface area contributed by atoms with Crippen LogP contribution in [-0.4, -0.2) is 12.4 Å². The molecule has 0 aliphatic carbocycles. The second-order valence-corrected chi connectivity index (χ2v) is 4.12. The first-order valence-corrected chi connectivity index (χ1v) is 5.42. The minimum absolute atomic E-state index is 0.179. The van der Waals surface area contributed by atoms with Gasteiger partial charge in [0.1, 0.15) is 18.1 Å². The first kappa shape index (κ1) is 12.5. The Morgan fingerprint density at radius 3 is 2.31 bits per heavy atom. The van der Waals surface area contributed by atoms with Crippen molar-refractivity contribution in [1.82, 2.24) is 0 Å². The molecule has 16 heavy (non-hydrogen) atoms. The molecular weight excluding hydrogens is 200 g/mol. The Kier molecular flexibility index (Phi) is 4.77. The Hall–Kier alpha value is -1.57. The molecule has 1 rings (SSSR count). The normalized spacial score (nSPS) is 9.69. The second kappa shape index (κ2) is 6.11. The average Bonchev–Trinajstić information content (AvgIpc) is 2.19. The van der Waals surface area contributed by atoms with Gasteiger partial charge in [0.25, 0.3) is 0 Å². The summed E-state index contributed by atoms with van der Waals surface area (Å²) in [6.45, 7) is 6.27. The standard InChI is InChI=1S/C14H18O2/c1-11(2)8-9-16-14-6-4-13(5-7-14)10-12(3)15/h4-8H,9-10H2,1-3H3. The molecule has 0 saturated heterocycles. The molecule has 2 nitrogen and oxygen atoms in total. The summed E-state index contributed by atoms with van der Waals surface area (Å²) in [6, 6.07) is 7.66. The largest absolute Gasteiger partial charge is 0.490 e. The Morgan fingerprint density at radius 1 is 1.19 bits per heavy atom. The molecule has 0 heterocycles. The van der Waals surface area contributed by atoms with Crippen LogP contribution in [0.5, 0.6) is 5.75 Å². The summed E-state index contributed by atoms with van der Waals surface area (Å²) < 4.78 is 5.52. The Balaban J connectivity index is 2.51. The van der Waals surface area contributed by atoms with Gasteiger partial charge in [-0.25, -0.2) is 0 Å². The fourth-order valence-electron chi connectivity index (χ4n) is 1.30. The third-order valence-electron chi connectivity index (χ3n) is 2.12. The zero-order valence-electron chi connectivity index (χ0n) is 10.1. The molecule has 2 heteroatoms. The summed E-state index contributed by atoms with van der Waals surface area (Å²) in [4.78, 5) is 10.9. The van der Waals surface area contributed by atoms with Gasteiger partial charge in [-0.15, -0.1) is 0 Å². The molecular formula is C14H18O2. The molecule has 0 amide bonds. The minimum Gasteiger partial charge on any atom is -0.490 e. The molecule has 0 bridgehead atoms. The van der Waals surface area contributed by atoms with Crippen molar-refractivity contribution < 1.29 is 9.53 Å². The molecule has 0 N–H and O–H groups in total. The number of hydrogen-bond donors (Lipinski definition) is 0. The maximum absolute atomic E-state index is 10.9. The molecule has 0 aromatic heterocycles. The second-order valence-electron chi connectivity index (χ2n) is 4.12. The fourth-order valence-corrected chi connectivity index (χ4v) is 1.30. The Bertz CT molecular complexity index is 370. The Morgan fingerprint density at radius 2 is 1.81 bits per heavy atom. The van der Waals surface area contributed by atoms with Crippen molar-refractivity contribution >= 4 is 5.78 Å². The topological polar surface area (TPSA) is 26.3 Å². The van der Waals surface area contributed by atoms with E-state index < -0.39 is 0 Å². The molecule has 0 unspecified atom stereocenters. The predicted octanol–water partition coefficient (Wildman–Crippen LogP) is 3.16. The highest BCUT2D eigenvalue weighted by atomic mass is 16.5. The first-order chi connectivity index (χ1) is 7.58. The summed E-state index contributed by atoms with van der Waals surface area (Å²) in [5.41, 5.74) is 2.27. The molecule has 0 atom stereocenters. The van der Waals surface area contributed by atoms with E-state index in [2.05, 4.69) is 0 Å². The zero-order valence-corrected chi connectivity index (χ0v) is 10.1. The summed E-state index contributed by atoms with van der Waals surface area (Å²) in [7, 11) is 0. The number of Topliss-reactive ketones (excluding diaryl/α,β-unsaturated/α-hetero) is 1. The summed E-state index contributed by atoms with van der Waals surface area (Å²) >= 11 is 0. The van der Waals surface area contributed by atoms with Crippen LogP contribution in [0, 0.1) is 0 Å². The van der Waals surface area contributed by atoms with Gasteiger partial charge in [-0.1, -0.05) is 17.7 Å². The number of rotatable bonds is 5. The van der Waals surface area contributed by atoms with Crippen molar-refractivity contribution in [3.05, 3.63) is 41.5 Å². The van der Waals surface area contributed by atoms with Crippen molar-refractivity contribution in [1.29, 1.82) is 0 Å². The van der Waals surface area contributed by atoms with E-state index in [-0.39, 0.29) is 5.78 Å². The van der Waals surface area contributed by atoms with Crippen LogP contribution in [0.4, 0.5) is 0 Å². The quantitative estimate of drug-likeness (QED) is 0.709. The summed E-state index contributed by atoms with van der Waals surface area (Å²) in [6.07, 6.45) is 2.53. The number of hydrogen-bond acceptors (Lipinski definition) is 2. The average molecular weight is 218 g/mol. The smallest absolute Gasteiger partial charge is 0.134 e. The van der Waals surface area contributed by atoms with Crippen molar-refractivity contribution in [3.8, 4) is 5.75 Å². The number of ketones is 1. The van der Waals surface area contributed by atoms with Crippen LogP contribution < -0.4 is 4.74 Å². The van der Waals surface area contributed by atoms with Crippen LogP contribution in [0.1, 0.15) is 26.3 Å². The lowest BCUT2D eigenvalue weighted by Gasteiger charge is -2.04. The molecule has 1 aromatic rings. The van der Waals surface area contributed by atoms with Crippen molar-refractivity contribution in [3.63, 3.8) is 0 Å². The van der Waals surface area contributed by atoms with Gasteiger partial charge in [-0.05, 0) is 44.5 Å². The lowest BCUT2D eigenvalue weighted by atomic mass is 10.1. The van der Waals surface area contributed by atoms with Crippen LogP contribution in [-0.2, 0) is 11.2 Å². The van der Waals surface area contributed by atoms with E-state index in [1.807, 2.05) is 44.2 Å². The maximum Gasteiger partial charge on any atom is 0.134 e. The number of carbonyl (C=O) groups excluding carboxylic acids is 1. The van der Waals surface area contributed by atoms with Gasteiger partial charge in [-0.3, -0.25) is 4.79 Å². The van der Waals surface area contributed by atoms with Crippen LogP contribution >= 0.6 is 0 Å². The monoisotopic (exact) mass is 218 g/mol. The number of allylic oxidation sites excluding steroid dienone is 1. The number of benzene rings is 1. The van der Waals surface area contributed by atoms with Gasteiger partial charge >= 0.3 is 0 Å². The molecule has 0 fully saturated rings. The number of carbonyl (C=O) groups is 1. The van der Waals surface area contributed by atoms with E-state index in [0.29, 0.717) is 13.0 Å². The highest BCUT2D eigenvalue weighted by Gasteiger charge is 1.98. The maximum atomic E-state index is 10.9. The predicted molar refractivity (Wildman–Crippen MR) is 65.8 cm³/mol. The van der Waals surface area contributed by atoms with Gasteiger partial charge in [0.2, 0.25) is 0 Å². The molecule has 86 valence electrons. The highest BCUT2D eigenvalue weighted by Crippen LogP contribution is 2.12. The lowest BCUT2D eigenvalue weighted by molar-refractivity contribution is -0.116. The fraction of sp³-hybridized carbons (Fsp3) is 0.357. The van der Waals surface area contributed by atoms with Crippen molar-refractivity contribution in [2.45, 2.75) is 27.2 Å². The van der Waals surface area contributed by atoms with Crippen LogP contribution in [0.3, 0.4) is 0 Å². The SMILES string of the molecule is CC(=O)Cc1ccc(OCC=C(C)C)cc1. The highest BCUT2D eigenvalue weighted by molar-refractivity contribution is 5.78. The first-order valence-electron chi connectivity index (χ1n) is 5.42. The van der Waals surface area contributed by atoms with E-state index in [1.54, 1.807) is 6.92 Å². The van der Waals surface area contributed by atoms with Crippen LogP contribution in [0.15, 0.2) is 35.9 Å². The molecule has 1 aromatic carbocycles. The summed E-state index contributed by atoms with van der Waals surface area (Å²) in [5.74, 6) is 1.02. The lowest BCUT2D eigenvalue weighted by Crippen LogP contribution is -1.97. The van der Waals surface area contributed by atoms with Crippen molar-refractivity contribution in [2.75, 3.05) is 6.61 Å². The van der Waals surface area contributed by atoms with E-state index in [4.69, 9.17) is 4.74 Å². The Labute approximate surface area is 96.9 Å². The van der Waals surface area contributed by atoms with E-state index in [9.17, 15) is 4.79 Å². The van der Waals surface area contributed by atoms with Crippen LogP contribution in [0.25, 0.3) is 0 Å². The van der Waals surface area contributed by atoms with Gasteiger partial charge in [0.15, 0.2) is 0 Å². The molecule has 0 radical (unpaired) electrons. The van der Waals surface area contributed by atoms with E-state index in [0.717, 1.165) is 11.3 Å². The molecule has 0 spiro atoms. The van der Waals surface area contributed by atoms with Crippen LogP contribution in [0.2, 0.25) is 0 Å².